The zero-order chi connectivity index (χ0) is 13.3. The first-order chi connectivity index (χ1) is 8.52. The lowest BCUT2D eigenvalue weighted by Crippen LogP contribution is -2.50. The van der Waals surface area contributed by atoms with E-state index in [4.69, 9.17) is 22.4 Å². The highest BCUT2D eigenvalue weighted by Gasteiger charge is 2.27. The van der Waals surface area contributed by atoms with Gasteiger partial charge in [0.05, 0.1) is 0 Å². The van der Waals surface area contributed by atoms with E-state index in [1.165, 1.54) is 17.2 Å². The Morgan fingerprint density at radius 2 is 2.22 bits per heavy atom. The Hall–Kier alpha value is -1.36. The molecule has 0 amide bonds. The minimum Gasteiger partial charge on any atom is -0.339 e. The highest BCUT2D eigenvalue weighted by Crippen LogP contribution is 2.22. The van der Waals surface area contributed by atoms with E-state index in [1.807, 2.05) is 4.90 Å². The molecule has 1 aromatic rings. The van der Waals surface area contributed by atoms with Gasteiger partial charge in [-0.1, -0.05) is 18.5 Å². The standard InChI is InChI=1S/C12H18ClN5/c1-8-4-3-6-17(9(8)2)12(15)18-7-5-16-10(13)11(18)14/h5,7-9,14-15H,3-4,6H2,1-2H3. The zero-order valence-electron chi connectivity index (χ0n) is 10.7. The van der Waals surface area contributed by atoms with Gasteiger partial charge in [0.25, 0.3) is 0 Å². The SMILES string of the molecule is CC1CCCN(C(=N)n2ccnc(Cl)c2=N)C1C. The van der Waals surface area contributed by atoms with Gasteiger partial charge >= 0.3 is 0 Å². The third-order valence-electron chi connectivity index (χ3n) is 3.71. The summed E-state index contributed by atoms with van der Waals surface area (Å²) < 4.78 is 1.48. The summed E-state index contributed by atoms with van der Waals surface area (Å²) in [4.78, 5) is 5.87. The minimum atomic E-state index is 0.0644. The summed E-state index contributed by atoms with van der Waals surface area (Å²) in [5, 5.41) is 16.3. The van der Waals surface area contributed by atoms with Gasteiger partial charge in [0, 0.05) is 25.0 Å². The van der Waals surface area contributed by atoms with Crippen LogP contribution in [0.15, 0.2) is 12.4 Å². The molecule has 98 valence electrons. The van der Waals surface area contributed by atoms with Crippen LogP contribution in [0.3, 0.4) is 0 Å². The molecule has 1 aromatic heterocycles. The first-order valence-electron chi connectivity index (χ1n) is 6.15. The molecular formula is C12H18ClN5. The number of hydrogen-bond acceptors (Lipinski definition) is 3. The number of rotatable bonds is 0. The topological polar surface area (TPSA) is 68.8 Å². The fourth-order valence-corrected chi connectivity index (χ4v) is 2.50. The fourth-order valence-electron chi connectivity index (χ4n) is 2.35. The number of nitrogens with zero attached hydrogens (tertiary/aromatic N) is 3. The molecule has 6 heteroatoms. The Balaban J connectivity index is 2.31. The van der Waals surface area contributed by atoms with E-state index in [-0.39, 0.29) is 10.6 Å². The van der Waals surface area contributed by atoms with Crippen molar-refractivity contribution in [2.75, 3.05) is 6.54 Å². The van der Waals surface area contributed by atoms with Crippen LogP contribution in [0, 0.1) is 16.7 Å². The summed E-state index contributed by atoms with van der Waals surface area (Å²) in [6, 6.07) is 0.310. The van der Waals surface area contributed by atoms with Crippen LogP contribution in [0.1, 0.15) is 26.7 Å². The third-order valence-corrected chi connectivity index (χ3v) is 3.99. The molecule has 2 unspecified atom stereocenters. The molecule has 0 aromatic carbocycles. The van der Waals surface area contributed by atoms with Gasteiger partial charge in [0.2, 0.25) is 5.96 Å². The van der Waals surface area contributed by atoms with Crippen LogP contribution in [0.5, 0.6) is 0 Å². The van der Waals surface area contributed by atoms with E-state index in [2.05, 4.69) is 18.8 Å². The molecule has 18 heavy (non-hydrogen) atoms. The lowest BCUT2D eigenvalue weighted by molar-refractivity contribution is 0.185. The second-order valence-corrected chi connectivity index (χ2v) is 5.17. The van der Waals surface area contributed by atoms with E-state index in [1.54, 1.807) is 6.20 Å². The smallest absolute Gasteiger partial charge is 0.204 e. The molecule has 0 spiro atoms. The summed E-state index contributed by atoms with van der Waals surface area (Å²) in [5.74, 6) is 0.870. The molecule has 0 saturated carbocycles. The van der Waals surface area contributed by atoms with Crippen molar-refractivity contribution in [1.29, 1.82) is 10.8 Å². The summed E-state index contributed by atoms with van der Waals surface area (Å²) in [5.41, 5.74) is 0.0644. The normalized spacial score (nSPS) is 24.1. The van der Waals surface area contributed by atoms with Crippen molar-refractivity contribution in [2.45, 2.75) is 32.7 Å². The molecule has 1 fully saturated rings. The maximum absolute atomic E-state index is 8.26. The van der Waals surface area contributed by atoms with Gasteiger partial charge in [-0.05, 0) is 25.7 Å². The van der Waals surface area contributed by atoms with Gasteiger partial charge in [-0.3, -0.25) is 15.4 Å². The first kappa shape index (κ1) is 13.1. The second kappa shape index (κ2) is 5.10. The number of piperidine rings is 1. The lowest BCUT2D eigenvalue weighted by atomic mass is 9.92. The summed E-state index contributed by atoms with van der Waals surface area (Å²) >= 11 is 5.83. The average molecular weight is 268 g/mol. The van der Waals surface area contributed by atoms with E-state index in [0.29, 0.717) is 17.9 Å². The number of halogens is 1. The second-order valence-electron chi connectivity index (χ2n) is 4.81. The zero-order valence-corrected chi connectivity index (χ0v) is 11.4. The Kier molecular flexibility index (Phi) is 3.71. The molecule has 2 N–H and O–H groups in total. The molecule has 2 atom stereocenters. The van der Waals surface area contributed by atoms with Crippen molar-refractivity contribution < 1.29 is 0 Å². The molecule has 0 radical (unpaired) electrons. The van der Waals surface area contributed by atoms with Gasteiger partial charge < -0.3 is 4.90 Å². The first-order valence-corrected chi connectivity index (χ1v) is 6.53. The molecular weight excluding hydrogens is 250 g/mol. The Morgan fingerprint density at radius 1 is 1.50 bits per heavy atom. The quantitative estimate of drug-likeness (QED) is 0.557. The molecule has 1 aliphatic heterocycles. The van der Waals surface area contributed by atoms with Crippen molar-refractivity contribution in [1.82, 2.24) is 14.5 Å². The van der Waals surface area contributed by atoms with Crippen molar-refractivity contribution in [3.63, 3.8) is 0 Å². The molecule has 1 saturated heterocycles. The van der Waals surface area contributed by atoms with Crippen molar-refractivity contribution in [3.8, 4) is 0 Å². The molecule has 5 nitrogen and oxygen atoms in total. The van der Waals surface area contributed by atoms with Crippen LogP contribution in [0.25, 0.3) is 0 Å². The predicted octanol–water partition coefficient (Wildman–Crippen LogP) is 1.92. The maximum Gasteiger partial charge on any atom is 0.204 e. The molecule has 1 aliphatic rings. The molecule has 0 bridgehead atoms. The van der Waals surface area contributed by atoms with Crippen molar-refractivity contribution in [2.24, 2.45) is 5.92 Å². The van der Waals surface area contributed by atoms with E-state index in [0.717, 1.165) is 13.0 Å². The summed E-state index contributed by atoms with van der Waals surface area (Å²) in [6.45, 7) is 5.19. The van der Waals surface area contributed by atoms with E-state index < -0.39 is 0 Å². The highest BCUT2D eigenvalue weighted by molar-refractivity contribution is 6.29. The Bertz CT molecular complexity index is 509. The van der Waals surface area contributed by atoms with Crippen LogP contribution < -0.4 is 5.49 Å². The van der Waals surface area contributed by atoms with Crippen LogP contribution in [0.4, 0.5) is 0 Å². The highest BCUT2D eigenvalue weighted by atomic mass is 35.5. The largest absolute Gasteiger partial charge is 0.339 e. The average Bonchev–Trinajstić information content (AvgIpc) is 2.35. The van der Waals surface area contributed by atoms with Gasteiger partial charge in [-0.15, -0.1) is 0 Å². The molecule has 2 rings (SSSR count). The molecule has 2 heterocycles. The van der Waals surface area contributed by atoms with Crippen LogP contribution in [-0.2, 0) is 0 Å². The number of aromatic nitrogens is 2. The lowest BCUT2D eigenvalue weighted by Gasteiger charge is -2.39. The van der Waals surface area contributed by atoms with Gasteiger partial charge in [-0.2, -0.15) is 0 Å². The van der Waals surface area contributed by atoms with Gasteiger partial charge in [0.15, 0.2) is 10.6 Å². The van der Waals surface area contributed by atoms with Crippen molar-refractivity contribution >= 4 is 17.6 Å². The van der Waals surface area contributed by atoms with E-state index in [9.17, 15) is 0 Å². The van der Waals surface area contributed by atoms with E-state index >= 15 is 0 Å². The third kappa shape index (κ3) is 2.27. The molecule has 0 aliphatic carbocycles. The maximum atomic E-state index is 8.26. The van der Waals surface area contributed by atoms with Gasteiger partial charge in [-0.25, -0.2) is 4.98 Å². The number of hydrogen-bond donors (Lipinski definition) is 2. The predicted molar refractivity (Wildman–Crippen MR) is 70.8 cm³/mol. The number of likely N-dealkylation sites (tertiary alicyclic amines) is 1. The van der Waals surface area contributed by atoms with Crippen molar-refractivity contribution in [3.05, 3.63) is 23.0 Å². The number of nitrogens with one attached hydrogen (secondary N) is 2. The van der Waals surface area contributed by atoms with Crippen LogP contribution >= 0.6 is 11.6 Å². The Labute approximate surface area is 111 Å². The van der Waals surface area contributed by atoms with Crippen LogP contribution in [0.2, 0.25) is 5.15 Å². The monoisotopic (exact) mass is 267 g/mol. The Morgan fingerprint density at radius 3 is 2.94 bits per heavy atom. The fraction of sp³-hybridized carbons (Fsp3) is 0.583. The summed E-state index contributed by atoms with van der Waals surface area (Å²) in [6.07, 6.45) is 5.41. The minimum absolute atomic E-state index is 0.0644. The van der Waals surface area contributed by atoms with Gasteiger partial charge in [0.1, 0.15) is 0 Å². The summed E-state index contributed by atoms with van der Waals surface area (Å²) in [7, 11) is 0. The van der Waals surface area contributed by atoms with Crippen LogP contribution in [-0.4, -0.2) is 33.0 Å².